The Bertz CT molecular complexity index is 614. The van der Waals surface area contributed by atoms with Crippen molar-refractivity contribution in [2.45, 2.75) is 23.5 Å². The van der Waals surface area contributed by atoms with Gasteiger partial charge >= 0.3 is 5.76 Å². The van der Waals surface area contributed by atoms with Crippen LogP contribution in [0.15, 0.2) is 29.2 Å². The molecule has 1 aromatic rings. The molecular formula is C13H16F2N2O3S. The van der Waals surface area contributed by atoms with Gasteiger partial charge in [0, 0.05) is 11.6 Å². The number of carbonyl (C=O) groups is 1. The van der Waals surface area contributed by atoms with Gasteiger partial charge in [0.2, 0.25) is 15.7 Å². The SMILES string of the molecule is O=C(Nc1cccc(S(=O)(=O)C(F)F)c1)C1CCNCC1. The summed E-state index contributed by atoms with van der Waals surface area (Å²) in [4.78, 5) is 11.5. The van der Waals surface area contributed by atoms with Crippen molar-refractivity contribution in [1.82, 2.24) is 5.32 Å². The van der Waals surface area contributed by atoms with Gasteiger partial charge in [-0.25, -0.2) is 8.42 Å². The third-order valence-electron chi connectivity index (χ3n) is 3.37. The lowest BCUT2D eigenvalue weighted by Crippen LogP contribution is -2.34. The molecule has 0 spiro atoms. The van der Waals surface area contributed by atoms with Crippen LogP contribution in [0, 0.1) is 5.92 Å². The van der Waals surface area contributed by atoms with Crippen LogP contribution < -0.4 is 10.6 Å². The molecule has 0 bridgehead atoms. The maximum absolute atomic E-state index is 12.5. The molecule has 21 heavy (non-hydrogen) atoms. The van der Waals surface area contributed by atoms with Crippen LogP contribution in [0.1, 0.15) is 12.8 Å². The number of benzene rings is 1. The average molecular weight is 318 g/mol. The van der Waals surface area contributed by atoms with Gasteiger partial charge < -0.3 is 10.6 Å². The molecule has 0 aliphatic carbocycles. The van der Waals surface area contributed by atoms with E-state index in [9.17, 15) is 22.0 Å². The lowest BCUT2D eigenvalue weighted by Gasteiger charge is -2.21. The molecule has 0 aromatic heterocycles. The number of sulfone groups is 1. The number of amides is 1. The van der Waals surface area contributed by atoms with Crippen LogP contribution in [-0.2, 0) is 14.6 Å². The summed E-state index contributed by atoms with van der Waals surface area (Å²) in [6.45, 7) is 1.50. The van der Waals surface area contributed by atoms with Crippen LogP contribution in [0.3, 0.4) is 0 Å². The number of nitrogens with one attached hydrogen (secondary N) is 2. The van der Waals surface area contributed by atoms with E-state index >= 15 is 0 Å². The molecule has 0 radical (unpaired) electrons. The first-order valence-electron chi connectivity index (χ1n) is 6.55. The molecule has 1 fully saturated rings. The number of hydrogen-bond acceptors (Lipinski definition) is 4. The van der Waals surface area contributed by atoms with Gasteiger partial charge in [-0.1, -0.05) is 6.07 Å². The normalized spacial score (nSPS) is 16.9. The zero-order chi connectivity index (χ0) is 15.5. The van der Waals surface area contributed by atoms with Crippen LogP contribution in [0.5, 0.6) is 0 Å². The van der Waals surface area contributed by atoms with Gasteiger partial charge in [-0.15, -0.1) is 0 Å². The van der Waals surface area contributed by atoms with Gasteiger partial charge in [-0.2, -0.15) is 8.78 Å². The van der Waals surface area contributed by atoms with Crippen molar-refractivity contribution in [2.75, 3.05) is 18.4 Å². The number of hydrogen-bond donors (Lipinski definition) is 2. The second-order valence-electron chi connectivity index (χ2n) is 4.85. The Hall–Kier alpha value is -1.54. The number of anilines is 1. The minimum atomic E-state index is -4.65. The molecule has 1 aliphatic heterocycles. The topological polar surface area (TPSA) is 75.3 Å². The van der Waals surface area contributed by atoms with Gasteiger partial charge in [0.15, 0.2) is 0 Å². The Morgan fingerprint density at radius 2 is 1.95 bits per heavy atom. The fraction of sp³-hybridized carbons (Fsp3) is 0.462. The quantitative estimate of drug-likeness (QED) is 0.884. The fourth-order valence-electron chi connectivity index (χ4n) is 2.18. The first kappa shape index (κ1) is 15.8. The summed E-state index contributed by atoms with van der Waals surface area (Å²) >= 11 is 0. The molecule has 0 unspecified atom stereocenters. The lowest BCUT2D eigenvalue weighted by atomic mass is 9.97. The predicted molar refractivity (Wildman–Crippen MR) is 73.9 cm³/mol. The van der Waals surface area contributed by atoms with E-state index in [0.29, 0.717) is 12.8 Å². The van der Waals surface area contributed by atoms with E-state index in [1.54, 1.807) is 0 Å². The molecule has 2 N–H and O–H groups in total. The average Bonchev–Trinajstić information content (AvgIpc) is 2.48. The summed E-state index contributed by atoms with van der Waals surface area (Å²) in [5.41, 5.74) is 0.209. The molecule has 0 atom stereocenters. The molecular weight excluding hydrogens is 302 g/mol. The largest absolute Gasteiger partial charge is 0.341 e. The summed E-state index contributed by atoms with van der Waals surface area (Å²) in [5, 5.41) is 5.72. The van der Waals surface area contributed by atoms with E-state index in [0.717, 1.165) is 25.2 Å². The van der Waals surface area contributed by atoms with Crippen molar-refractivity contribution in [3.8, 4) is 0 Å². The molecule has 8 heteroatoms. The lowest BCUT2D eigenvalue weighted by molar-refractivity contribution is -0.120. The van der Waals surface area contributed by atoms with Crippen LogP contribution in [-0.4, -0.2) is 33.2 Å². The van der Waals surface area contributed by atoms with Gasteiger partial charge in [-0.3, -0.25) is 4.79 Å². The number of carbonyl (C=O) groups excluding carboxylic acids is 1. The Kier molecular flexibility index (Phi) is 4.89. The van der Waals surface area contributed by atoms with E-state index < -0.39 is 20.5 Å². The number of alkyl halides is 2. The molecule has 1 saturated heterocycles. The zero-order valence-corrected chi connectivity index (χ0v) is 12.0. The number of halogens is 2. The van der Waals surface area contributed by atoms with Crippen LogP contribution in [0.2, 0.25) is 0 Å². The molecule has 1 aromatic carbocycles. The van der Waals surface area contributed by atoms with Gasteiger partial charge in [0.25, 0.3) is 0 Å². The van der Waals surface area contributed by atoms with Crippen molar-refractivity contribution >= 4 is 21.4 Å². The Balaban J connectivity index is 2.13. The van der Waals surface area contributed by atoms with Crippen molar-refractivity contribution in [1.29, 1.82) is 0 Å². The van der Waals surface area contributed by atoms with Gasteiger partial charge in [0.05, 0.1) is 4.90 Å². The first-order valence-corrected chi connectivity index (χ1v) is 8.09. The Morgan fingerprint density at radius 1 is 1.29 bits per heavy atom. The van der Waals surface area contributed by atoms with Crippen LogP contribution in [0.4, 0.5) is 14.5 Å². The minimum absolute atomic E-state index is 0.151. The maximum Gasteiger partial charge on any atom is 0.341 e. The monoisotopic (exact) mass is 318 g/mol. The number of rotatable bonds is 4. The highest BCUT2D eigenvalue weighted by Gasteiger charge is 2.27. The minimum Gasteiger partial charge on any atom is -0.326 e. The van der Waals surface area contributed by atoms with Gasteiger partial charge in [0.1, 0.15) is 0 Å². The van der Waals surface area contributed by atoms with Crippen LogP contribution in [0.25, 0.3) is 0 Å². The van der Waals surface area contributed by atoms with Crippen molar-refractivity contribution in [2.24, 2.45) is 5.92 Å². The molecule has 1 amide bonds. The second kappa shape index (κ2) is 6.48. The summed E-state index contributed by atoms with van der Waals surface area (Å²) in [7, 11) is -4.65. The second-order valence-corrected chi connectivity index (χ2v) is 6.76. The van der Waals surface area contributed by atoms with Gasteiger partial charge in [-0.05, 0) is 44.1 Å². The number of piperidine rings is 1. The highest BCUT2D eigenvalue weighted by Crippen LogP contribution is 2.22. The summed E-state index contributed by atoms with van der Waals surface area (Å²) in [5.74, 6) is -3.85. The Morgan fingerprint density at radius 3 is 2.57 bits per heavy atom. The molecule has 5 nitrogen and oxygen atoms in total. The van der Waals surface area contributed by atoms with E-state index in [1.807, 2.05) is 0 Å². The van der Waals surface area contributed by atoms with E-state index in [4.69, 9.17) is 0 Å². The third-order valence-corrected chi connectivity index (χ3v) is 4.75. The third kappa shape index (κ3) is 3.76. The summed E-state index contributed by atoms with van der Waals surface area (Å²) in [6, 6.07) is 4.94. The van der Waals surface area contributed by atoms with E-state index in [1.165, 1.54) is 12.1 Å². The highest BCUT2D eigenvalue weighted by atomic mass is 32.2. The summed E-state index contributed by atoms with van der Waals surface area (Å²) in [6.07, 6.45) is 1.39. The molecule has 0 saturated carbocycles. The zero-order valence-electron chi connectivity index (χ0n) is 11.2. The van der Waals surface area contributed by atoms with E-state index in [-0.39, 0.29) is 17.5 Å². The smallest absolute Gasteiger partial charge is 0.326 e. The Labute approximate surface area is 121 Å². The predicted octanol–water partition coefficient (Wildman–Crippen LogP) is 1.62. The van der Waals surface area contributed by atoms with Crippen molar-refractivity contribution in [3.63, 3.8) is 0 Å². The molecule has 2 rings (SSSR count). The summed E-state index contributed by atoms with van der Waals surface area (Å²) < 4.78 is 47.8. The van der Waals surface area contributed by atoms with Crippen molar-refractivity contribution in [3.05, 3.63) is 24.3 Å². The van der Waals surface area contributed by atoms with Crippen LogP contribution >= 0.6 is 0 Å². The highest BCUT2D eigenvalue weighted by molar-refractivity contribution is 7.91. The molecule has 1 aliphatic rings. The standard InChI is InChI=1S/C13H16F2N2O3S/c14-13(15)21(19,20)11-3-1-2-10(8-11)17-12(18)9-4-6-16-7-5-9/h1-3,8-9,13,16H,4-7H2,(H,17,18). The first-order chi connectivity index (χ1) is 9.91. The fourth-order valence-corrected chi connectivity index (χ4v) is 2.95. The molecule has 116 valence electrons. The molecule has 1 heterocycles. The van der Waals surface area contributed by atoms with Crippen molar-refractivity contribution < 1.29 is 22.0 Å². The maximum atomic E-state index is 12.5. The van der Waals surface area contributed by atoms with E-state index in [2.05, 4.69) is 10.6 Å².